The van der Waals surface area contributed by atoms with Gasteiger partial charge in [0.05, 0.1) is 12.0 Å². The average Bonchev–Trinajstić information content (AvgIpc) is 3.51. The van der Waals surface area contributed by atoms with Crippen LogP contribution >= 0.6 is 0 Å². The maximum Gasteiger partial charge on any atom is 0.420 e. The molecular weight excluding hydrogens is 500 g/mol. The topological polar surface area (TPSA) is 133 Å². The number of amides is 2. The highest BCUT2D eigenvalue weighted by Crippen LogP contribution is 2.31. The molecule has 190 valence electrons. The number of piperidine rings is 1. The third-order valence-corrected chi connectivity index (χ3v) is 6.36. The number of halogens is 2. The summed E-state index contributed by atoms with van der Waals surface area (Å²) in [6.07, 6.45) is 2.97. The van der Waals surface area contributed by atoms with E-state index in [0.29, 0.717) is 11.1 Å². The van der Waals surface area contributed by atoms with Gasteiger partial charge in [0.1, 0.15) is 17.4 Å². The number of imide groups is 1. The van der Waals surface area contributed by atoms with Gasteiger partial charge in [-0.2, -0.15) is 4.98 Å². The van der Waals surface area contributed by atoms with Gasteiger partial charge in [-0.15, -0.1) is 0 Å². The monoisotopic (exact) mass is 517 g/mol. The van der Waals surface area contributed by atoms with Gasteiger partial charge < -0.3 is 8.94 Å². The van der Waals surface area contributed by atoms with Gasteiger partial charge in [0.2, 0.25) is 23.5 Å². The summed E-state index contributed by atoms with van der Waals surface area (Å²) in [6.45, 7) is 0. The third-order valence-electron chi connectivity index (χ3n) is 6.36. The van der Waals surface area contributed by atoms with Crippen molar-refractivity contribution in [3.8, 4) is 22.5 Å². The van der Waals surface area contributed by atoms with Gasteiger partial charge in [0.25, 0.3) is 0 Å². The standard InChI is InChI=1S/C26H17F2N5O5/c27-21-14(4-6-18-23(21)33(26(36)37-18)17-5-7-19(34)30-25(17)35)12-20-31-24(32-38-20)16-3-1-2-15(22(16)28)13-8-10-29-11-9-13/h1-4,6,8-11,17H,5,7,12H2,(H,30,34,35). The van der Waals surface area contributed by atoms with E-state index in [1.54, 1.807) is 36.7 Å². The van der Waals surface area contributed by atoms with Crippen LogP contribution in [-0.4, -0.2) is 31.5 Å². The molecule has 12 heteroatoms. The molecule has 3 aromatic heterocycles. The summed E-state index contributed by atoms with van der Waals surface area (Å²) < 4.78 is 42.3. The lowest BCUT2D eigenvalue weighted by Crippen LogP contribution is -2.43. The van der Waals surface area contributed by atoms with Gasteiger partial charge in [-0.25, -0.2) is 13.6 Å². The van der Waals surface area contributed by atoms with Crippen molar-refractivity contribution in [3.63, 3.8) is 0 Å². The summed E-state index contributed by atoms with van der Waals surface area (Å²) in [7, 11) is 0. The van der Waals surface area contributed by atoms with Crippen LogP contribution in [0.4, 0.5) is 8.78 Å². The average molecular weight is 517 g/mol. The van der Waals surface area contributed by atoms with Gasteiger partial charge >= 0.3 is 5.76 Å². The molecule has 38 heavy (non-hydrogen) atoms. The van der Waals surface area contributed by atoms with Crippen molar-refractivity contribution in [1.29, 1.82) is 0 Å². The summed E-state index contributed by atoms with van der Waals surface area (Å²) >= 11 is 0. The first-order chi connectivity index (χ1) is 18.4. The van der Waals surface area contributed by atoms with E-state index in [9.17, 15) is 14.4 Å². The zero-order valence-corrected chi connectivity index (χ0v) is 19.5. The highest BCUT2D eigenvalue weighted by atomic mass is 19.1. The quantitative estimate of drug-likeness (QED) is 0.350. The van der Waals surface area contributed by atoms with Gasteiger partial charge in [-0.1, -0.05) is 23.4 Å². The van der Waals surface area contributed by atoms with E-state index in [4.69, 9.17) is 8.94 Å². The molecule has 1 saturated heterocycles. The smallest absolute Gasteiger partial charge is 0.408 e. The molecule has 10 nitrogen and oxygen atoms in total. The highest BCUT2D eigenvalue weighted by molar-refractivity contribution is 6.00. The van der Waals surface area contributed by atoms with E-state index in [0.717, 1.165) is 4.57 Å². The number of aromatic nitrogens is 4. The summed E-state index contributed by atoms with van der Waals surface area (Å²) in [4.78, 5) is 44.5. The number of nitrogens with zero attached hydrogens (tertiary/aromatic N) is 4. The van der Waals surface area contributed by atoms with Gasteiger partial charge in [-0.3, -0.25) is 24.5 Å². The van der Waals surface area contributed by atoms with E-state index in [1.807, 2.05) is 0 Å². The fourth-order valence-corrected chi connectivity index (χ4v) is 4.54. The third kappa shape index (κ3) is 3.95. The molecule has 2 aromatic carbocycles. The predicted octanol–water partition coefficient (Wildman–Crippen LogP) is 3.55. The largest absolute Gasteiger partial charge is 0.420 e. The second-order valence-corrected chi connectivity index (χ2v) is 8.68. The number of oxazole rings is 1. The Labute approximate surface area is 211 Å². The lowest BCUT2D eigenvalue weighted by atomic mass is 10.0. The number of carbonyl (C=O) groups excluding carboxylic acids is 2. The molecule has 1 aliphatic heterocycles. The molecule has 0 saturated carbocycles. The van der Waals surface area contributed by atoms with Gasteiger partial charge in [0, 0.05) is 24.4 Å². The molecule has 1 aliphatic rings. The van der Waals surface area contributed by atoms with Crippen LogP contribution in [0.5, 0.6) is 0 Å². The summed E-state index contributed by atoms with van der Waals surface area (Å²) in [5.41, 5.74) is 0.882. The Morgan fingerprint density at radius 2 is 1.79 bits per heavy atom. The van der Waals surface area contributed by atoms with E-state index in [1.165, 1.54) is 18.2 Å². The number of nitrogens with one attached hydrogen (secondary N) is 1. The molecule has 6 rings (SSSR count). The Morgan fingerprint density at radius 3 is 2.58 bits per heavy atom. The van der Waals surface area contributed by atoms with Gasteiger partial charge in [-0.05, 0) is 41.8 Å². The Bertz CT molecular complexity index is 1780. The fourth-order valence-electron chi connectivity index (χ4n) is 4.54. The maximum atomic E-state index is 15.6. The van der Waals surface area contributed by atoms with Crippen LogP contribution < -0.4 is 11.1 Å². The van der Waals surface area contributed by atoms with Crippen molar-refractivity contribution in [1.82, 2.24) is 25.0 Å². The molecule has 0 bridgehead atoms. The van der Waals surface area contributed by atoms with Crippen LogP contribution in [0.25, 0.3) is 33.6 Å². The minimum absolute atomic E-state index is 0.000508. The number of carbonyl (C=O) groups is 2. The van der Waals surface area contributed by atoms with Crippen molar-refractivity contribution in [2.45, 2.75) is 25.3 Å². The first-order valence-electron chi connectivity index (χ1n) is 11.6. The van der Waals surface area contributed by atoms with Crippen molar-refractivity contribution < 1.29 is 27.3 Å². The van der Waals surface area contributed by atoms with Crippen LogP contribution in [-0.2, 0) is 16.0 Å². The Hall–Kier alpha value is -5.00. The van der Waals surface area contributed by atoms with E-state index in [-0.39, 0.29) is 53.2 Å². The lowest BCUT2D eigenvalue weighted by molar-refractivity contribution is -0.135. The fraction of sp³-hybridized carbons (Fsp3) is 0.154. The molecule has 0 radical (unpaired) electrons. The van der Waals surface area contributed by atoms with E-state index >= 15 is 8.78 Å². The SMILES string of the molecule is O=C1CCC(n2c(=O)oc3ccc(Cc4nc(-c5cccc(-c6ccncc6)c5F)no4)c(F)c32)C(=O)N1. The molecule has 1 N–H and O–H groups in total. The molecule has 0 spiro atoms. The zero-order valence-electron chi connectivity index (χ0n) is 19.5. The van der Waals surface area contributed by atoms with Crippen molar-refractivity contribution in [3.05, 3.63) is 88.5 Å². The first kappa shape index (κ1) is 23.4. The Kier molecular flexibility index (Phi) is 5.63. The number of fused-ring (bicyclic) bond motifs is 1. The van der Waals surface area contributed by atoms with Crippen molar-refractivity contribution >= 4 is 22.9 Å². The molecule has 4 heterocycles. The van der Waals surface area contributed by atoms with Crippen molar-refractivity contribution in [2.24, 2.45) is 0 Å². The number of pyridine rings is 1. The Morgan fingerprint density at radius 1 is 1.00 bits per heavy atom. The molecule has 1 fully saturated rings. The number of benzene rings is 2. The molecular formula is C26H17F2N5O5. The number of rotatable bonds is 5. The summed E-state index contributed by atoms with van der Waals surface area (Å²) in [5.74, 6) is -3.48. The van der Waals surface area contributed by atoms with Crippen LogP contribution in [0.1, 0.15) is 30.3 Å². The minimum Gasteiger partial charge on any atom is -0.408 e. The maximum absolute atomic E-state index is 15.6. The normalized spacial score (nSPS) is 15.7. The summed E-state index contributed by atoms with van der Waals surface area (Å²) in [5, 5.41) is 6.01. The van der Waals surface area contributed by atoms with Crippen LogP contribution in [0.3, 0.4) is 0 Å². The first-order valence-corrected chi connectivity index (χ1v) is 11.6. The van der Waals surface area contributed by atoms with Gasteiger partial charge in [0.15, 0.2) is 11.4 Å². The second-order valence-electron chi connectivity index (χ2n) is 8.68. The molecule has 1 atom stereocenters. The molecule has 2 amide bonds. The van der Waals surface area contributed by atoms with Crippen LogP contribution in [0.15, 0.2) is 68.6 Å². The molecule has 1 unspecified atom stereocenters. The lowest BCUT2D eigenvalue weighted by Gasteiger charge is -2.21. The number of hydrogen-bond acceptors (Lipinski definition) is 8. The predicted molar refractivity (Wildman–Crippen MR) is 128 cm³/mol. The van der Waals surface area contributed by atoms with Crippen LogP contribution in [0.2, 0.25) is 0 Å². The van der Waals surface area contributed by atoms with E-state index < -0.39 is 35.2 Å². The number of hydrogen-bond donors (Lipinski definition) is 1. The highest BCUT2D eigenvalue weighted by Gasteiger charge is 2.33. The van der Waals surface area contributed by atoms with Crippen LogP contribution in [0, 0.1) is 11.6 Å². The molecule has 5 aromatic rings. The summed E-state index contributed by atoms with van der Waals surface area (Å²) in [6, 6.07) is 9.82. The van der Waals surface area contributed by atoms with E-state index in [2.05, 4.69) is 20.4 Å². The molecule has 0 aliphatic carbocycles. The zero-order chi connectivity index (χ0) is 26.4. The van der Waals surface area contributed by atoms with Crippen molar-refractivity contribution in [2.75, 3.05) is 0 Å². The minimum atomic E-state index is -1.10. The Balaban J connectivity index is 1.33. The second kappa shape index (κ2) is 9.14.